The lowest BCUT2D eigenvalue weighted by molar-refractivity contribution is -0.384. The van der Waals surface area contributed by atoms with Gasteiger partial charge in [-0.3, -0.25) is 20.8 Å². The molecule has 4 N–H and O–H groups in total. The van der Waals surface area contributed by atoms with E-state index >= 15 is 0 Å². The molecule has 1 aliphatic rings. The number of hydrogen-bond donors (Lipinski definition) is 3. The monoisotopic (exact) mass is 294 g/mol. The van der Waals surface area contributed by atoms with E-state index in [0.717, 1.165) is 19.4 Å². The molecule has 1 atom stereocenters. The van der Waals surface area contributed by atoms with Gasteiger partial charge < -0.3 is 15.5 Å². The van der Waals surface area contributed by atoms with E-state index in [1.165, 1.54) is 18.2 Å². The summed E-state index contributed by atoms with van der Waals surface area (Å²) in [5.74, 6) is 5.27. The number of hydrazine groups is 1. The maximum Gasteiger partial charge on any atom is 0.293 e. The highest BCUT2D eigenvalue weighted by atomic mass is 16.6. The van der Waals surface area contributed by atoms with Crippen LogP contribution in [-0.2, 0) is 4.74 Å². The summed E-state index contributed by atoms with van der Waals surface area (Å²) in [6.45, 7) is 1.95. The molecule has 2 rings (SSSR count). The van der Waals surface area contributed by atoms with E-state index < -0.39 is 4.92 Å². The molecule has 0 saturated carbocycles. The molecule has 1 fully saturated rings. The predicted octanol–water partition coefficient (Wildman–Crippen LogP) is 1.04. The van der Waals surface area contributed by atoms with Crippen molar-refractivity contribution in [3.05, 3.63) is 33.9 Å². The van der Waals surface area contributed by atoms with Gasteiger partial charge in [0.25, 0.3) is 11.6 Å². The number of benzene rings is 1. The molecule has 0 spiro atoms. The van der Waals surface area contributed by atoms with Crippen LogP contribution >= 0.6 is 0 Å². The average molecular weight is 294 g/mol. The van der Waals surface area contributed by atoms with Crippen molar-refractivity contribution >= 4 is 17.3 Å². The third-order valence-corrected chi connectivity index (χ3v) is 3.42. The minimum atomic E-state index is -0.559. The molecule has 8 heteroatoms. The van der Waals surface area contributed by atoms with Gasteiger partial charge >= 0.3 is 0 Å². The Morgan fingerprint density at radius 3 is 2.95 bits per heavy atom. The number of nitro groups is 1. The Labute approximate surface area is 121 Å². The molecular formula is C13H18N4O4. The summed E-state index contributed by atoms with van der Waals surface area (Å²) in [7, 11) is 0. The first-order chi connectivity index (χ1) is 10.1. The Hall–Kier alpha value is -2.19. The second-order valence-corrected chi connectivity index (χ2v) is 4.93. The first-order valence-electron chi connectivity index (χ1n) is 6.73. The molecular weight excluding hydrogens is 276 g/mol. The standard InChI is InChI=1S/C13H18N4O4/c14-16-11-6-10(3-4-12(11)17(19)20)13(18)15-7-9-2-1-5-21-8-9/h3-4,6,9,16H,1-2,5,7-8,14H2,(H,15,18). The van der Waals surface area contributed by atoms with Crippen molar-refractivity contribution in [1.82, 2.24) is 5.32 Å². The molecule has 1 heterocycles. The normalized spacial score (nSPS) is 18.0. The number of nitrogens with two attached hydrogens (primary N) is 1. The lowest BCUT2D eigenvalue weighted by Gasteiger charge is -2.22. The van der Waals surface area contributed by atoms with Crippen LogP contribution in [0.5, 0.6) is 0 Å². The van der Waals surface area contributed by atoms with E-state index in [1.54, 1.807) is 0 Å². The van der Waals surface area contributed by atoms with Gasteiger partial charge in [0.15, 0.2) is 0 Å². The van der Waals surface area contributed by atoms with Crippen LogP contribution in [0.25, 0.3) is 0 Å². The van der Waals surface area contributed by atoms with E-state index in [2.05, 4.69) is 10.7 Å². The lowest BCUT2D eigenvalue weighted by atomic mass is 10.0. The fourth-order valence-electron chi connectivity index (χ4n) is 2.26. The molecule has 1 amide bonds. The quantitative estimate of drug-likeness (QED) is 0.424. The Morgan fingerprint density at radius 2 is 2.33 bits per heavy atom. The fraction of sp³-hybridized carbons (Fsp3) is 0.462. The zero-order valence-electron chi connectivity index (χ0n) is 11.5. The van der Waals surface area contributed by atoms with E-state index in [-0.39, 0.29) is 17.3 Å². The van der Waals surface area contributed by atoms with Crippen molar-refractivity contribution < 1.29 is 14.5 Å². The number of amides is 1. The number of hydrogen-bond acceptors (Lipinski definition) is 6. The largest absolute Gasteiger partial charge is 0.381 e. The molecule has 21 heavy (non-hydrogen) atoms. The van der Waals surface area contributed by atoms with Crippen molar-refractivity contribution in [3.8, 4) is 0 Å². The third-order valence-electron chi connectivity index (χ3n) is 3.42. The Bertz CT molecular complexity index is 529. The Balaban J connectivity index is 2.00. The van der Waals surface area contributed by atoms with Gasteiger partial charge in [-0.2, -0.15) is 0 Å². The summed E-state index contributed by atoms with van der Waals surface area (Å²) in [5.41, 5.74) is 2.49. The Morgan fingerprint density at radius 1 is 1.52 bits per heavy atom. The molecule has 1 aromatic rings. The highest BCUT2D eigenvalue weighted by Gasteiger charge is 2.18. The number of ether oxygens (including phenoxy) is 1. The number of nitrogen functional groups attached to an aromatic ring is 1. The van der Waals surface area contributed by atoms with Gasteiger partial charge in [-0.1, -0.05) is 0 Å². The second kappa shape index (κ2) is 7.00. The lowest BCUT2D eigenvalue weighted by Crippen LogP contribution is -2.33. The van der Waals surface area contributed by atoms with Crippen LogP contribution in [0.4, 0.5) is 11.4 Å². The highest BCUT2D eigenvalue weighted by molar-refractivity contribution is 5.95. The molecule has 1 unspecified atom stereocenters. The summed E-state index contributed by atoms with van der Waals surface area (Å²) in [6.07, 6.45) is 2.02. The molecule has 0 aliphatic carbocycles. The topological polar surface area (TPSA) is 120 Å². The van der Waals surface area contributed by atoms with Gasteiger partial charge in [0.2, 0.25) is 0 Å². The Kier molecular flexibility index (Phi) is 5.07. The zero-order valence-corrected chi connectivity index (χ0v) is 11.5. The molecule has 8 nitrogen and oxygen atoms in total. The second-order valence-electron chi connectivity index (χ2n) is 4.93. The molecule has 1 saturated heterocycles. The van der Waals surface area contributed by atoms with Crippen LogP contribution in [0.1, 0.15) is 23.2 Å². The van der Waals surface area contributed by atoms with Gasteiger partial charge in [-0.05, 0) is 30.9 Å². The van der Waals surface area contributed by atoms with Crippen LogP contribution in [-0.4, -0.2) is 30.6 Å². The van der Waals surface area contributed by atoms with Crippen LogP contribution in [0.15, 0.2) is 18.2 Å². The maximum absolute atomic E-state index is 12.0. The number of nitrogens with one attached hydrogen (secondary N) is 2. The average Bonchev–Trinajstić information content (AvgIpc) is 2.52. The summed E-state index contributed by atoms with van der Waals surface area (Å²) in [5, 5.41) is 13.6. The molecule has 1 aromatic carbocycles. The summed E-state index contributed by atoms with van der Waals surface area (Å²) >= 11 is 0. The molecule has 0 radical (unpaired) electrons. The number of anilines is 1. The summed E-state index contributed by atoms with van der Waals surface area (Å²) < 4.78 is 5.35. The molecule has 0 bridgehead atoms. The third kappa shape index (κ3) is 3.89. The van der Waals surface area contributed by atoms with E-state index in [1.807, 2.05) is 0 Å². The smallest absolute Gasteiger partial charge is 0.293 e. The highest BCUT2D eigenvalue weighted by Crippen LogP contribution is 2.24. The number of rotatable bonds is 5. The van der Waals surface area contributed by atoms with Crippen molar-refractivity contribution in [2.75, 3.05) is 25.2 Å². The van der Waals surface area contributed by atoms with Crippen LogP contribution in [0, 0.1) is 16.0 Å². The van der Waals surface area contributed by atoms with Gasteiger partial charge in [-0.25, -0.2) is 0 Å². The van der Waals surface area contributed by atoms with Crippen molar-refractivity contribution in [1.29, 1.82) is 0 Å². The minimum Gasteiger partial charge on any atom is -0.381 e. The first-order valence-corrected chi connectivity index (χ1v) is 6.73. The van der Waals surface area contributed by atoms with Crippen molar-refractivity contribution in [2.45, 2.75) is 12.8 Å². The SMILES string of the molecule is NNc1cc(C(=O)NCC2CCCOC2)ccc1[N+](=O)[O-]. The maximum atomic E-state index is 12.0. The zero-order chi connectivity index (χ0) is 15.2. The van der Waals surface area contributed by atoms with E-state index in [0.29, 0.717) is 24.6 Å². The number of nitrogens with zero attached hydrogens (tertiary/aromatic N) is 1. The predicted molar refractivity (Wildman–Crippen MR) is 76.8 cm³/mol. The number of carbonyl (C=O) groups excluding carboxylic acids is 1. The van der Waals surface area contributed by atoms with Crippen LogP contribution < -0.4 is 16.6 Å². The van der Waals surface area contributed by atoms with E-state index in [9.17, 15) is 14.9 Å². The van der Waals surface area contributed by atoms with Crippen LogP contribution in [0.2, 0.25) is 0 Å². The van der Waals surface area contributed by atoms with Gasteiger partial charge in [0, 0.05) is 24.8 Å². The van der Waals surface area contributed by atoms with Gasteiger partial charge in [-0.15, -0.1) is 0 Å². The fourth-order valence-corrected chi connectivity index (χ4v) is 2.26. The van der Waals surface area contributed by atoms with E-state index in [4.69, 9.17) is 10.6 Å². The molecule has 114 valence electrons. The molecule has 0 aromatic heterocycles. The number of carbonyl (C=O) groups is 1. The number of nitro benzene ring substituents is 1. The van der Waals surface area contributed by atoms with Gasteiger partial charge in [0.1, 0.15) is 5.69 Å². The summed E-state index contributed by atoms with van der Waals surface area (Å²) in [6, 6.07) is 4.03. The first kappa shape index (κ1) is 15.2. The van der Waals surface area contributed by atoms with Crippen LogP contribution in [0.3, 0.4) is 0 Å². The van der Waals surface area contributed by atoms with Crippen molar-refractivity contribution in [3.63, 3.8) is 0 Å². The van der Waals surface area contributed by atoms with Gasteiger partial charge in [0.05, 0.1) is 11.5 Å². The summed E-state index contributed by atoms with van der Waals surface area (Å²) in [4.78, 5) is 22.3. The van der Waals surface area contributed by atoms with Crippen molar-refractivity contribution in [2.24, 2.45) is 11.8 Å². The molecule has 1 aliphatic heterocycles. The minimum absolute atomic E-state index is 0.105.